The Morgan fingerprint density at radius 2 is 1.61 bits per heavy atom. The molecule has 120 valence electrons. The Morgan fingerprint density at radius 3 is 2.22 bits per heavy atom. The molecular formula is C18H16BrF2NO. The number of rotatable bonds is 3. The van der Waals surface area contributed by atoms with Gasteiger partial charge in [-0.3, -0.25) is 4.79 Å². The van der Waals surface area contributed by atoms with Crippen molar-refractivity contribution in [1.82, 2.24) is 5.32 Å². The molecule has 1 amide bonds. The molecule has 1 N–H and O–H groups in total. The molecule has 0 spiro atoms. The van der Waals surface area contributed by atoms with Gasteiger partial charge in [-0.2, -0.15) is 0 Å². The third-order valence-electron chi connectivity index (χ3n) is 4.38. The minimum atomic E-state index is -0.487. The summed E-state index contributed by atoms with van der Waals surface area (Å²) >= 11 is 3.23. The summed E-state index contributed by atoms with van der Waals surface area (Å²) in [4.78, 5) is 12.6. The third kappa shape index (κ3) is 3.29. The van der Waals surface area contributed by atoms with E-state index in [0.717, 1.165) is 31.2 Å². The molecule has 1 aliphatic rings. The van der Waals surface area contributed by atoms with Gasteiger partial charge in [0, 0.05) is 4.47 Å². The molecule has 0 aromatic heterocycles. The first-order valence-corrected chi connectivity index (χ1v) is 8.33. The van der Waals surface area contributed by atoms with Crippen LogP contribution in [-0.2, 0) is 5.54 Å². The molecule has 0 aliphatic heterocycles. The second-order valence-corrected chi connectivity index (χ2v) is 6.73. The lowest BCUT2D eigenvalue weighted by molar-refractivity contribution is 0.0897. The van der Waals surface area contributed by atoms with Crippen molar-refractivity contribution >= 4 is 21.8 Å². The van der Waals surface area contributed by atoms with E-state index in [-0.39, 0.29) is 11.7 Å². The van der Waals surface area contributed by atoms with E-state index in [4.69, 9.17) is 0 Å². The van der Waals surface area contributed by atoms with Crippen molar-refractivity contribution in [3.05, 3.63) is 69.7 Å². The van der Waals surface area contributed by atoms with Crippen LogP contribution < -0.4 is 5.32 Å². The molecule has 0 heterocycles. The first-order chi connectivity index (χ1) is 11.0. The Kier molecular flexibility index (Phi) is 4.48. The average molecular weight is 380 g/mol. The minimum absolute atomic E-state index is 0.261. The lowest BCUT2D eigenvalue weighted by Gasteiger charge is -2.31. The van der Waals surface area contributed by atoms with Crippen LogP contribution in [-0.4, -0.2) is 5.91 Å². The van der Waals surface area contributed by atoms with E-state index in [1.807, 2.05) is 0 Å². The Morgan fingerprint density at radius 1 is 1.00 bits per heavy atom. The summed E-state index contributed by atoms with van der Waals surface area (Å²) < 4.78 is 26.8. The largest absolute Gasteiger partial charge is 0.342 e. The Labute approximate surface area is 142 Å². The number of hydrogen-bond donors (Lipinski definition) is 1. The van der Waals surface area contributed by atoms with E-state index in [1.165, 1.54) is 30.3 Å². The summed E-state index contributed by atoms with van der Waals surface area (Å²) in [7, 11) is 0. The van der Waals surface area contributed by atoms with Crippen LogP contribution >= 0.6 is 15.9 Å². The van der Waals surface area contributed by atoms with Crippen molar-refractivity contribution in [2.75, 3.05) is 0 Å². The highest BCUT2D eigenvalue weighted by Crippen LogP contribution is 2.39. The molecule has 0 unspecified atom stereocenters. The summed E-state index contributed by atoms with van der Waals surface area (Å²) in [6, 6.07) is 10.3. The molecule has 5 heteroatoms. The van der Waals surface area contributed by atoms with Crippen LogP contribution in [0.3, 0.4) is 0 Å². The third-order valence-corrected chi connectivity index (χ3v) is 5.04. The van der Waals surface area contributed by atoms with E-state index in [2.05, 4.69) is 21.2 Å². The molecule has 23 heavy (non-hydrogen) atoms. The number of carbonyl (C=O) groups excluding carboxylic acids is 1. The second-order valence-electron chi connectivity index (χ2n) is 5.87. The lowest BCUT2D eigenvalue weighted by atomic mass is 9.87. The average Bonchev–Trinajstić information content (AvgIpc) is 2.97. The zero-order valence-electron chi connectivity index (χ0n) is 12.4. The molecule has 3 rings (SSSR count). The predicted molar refractivity (Wildman–Crippen MR) is 88.1 cm³/mol. The van der Waals surface area contributed by atoms with Crippen LogP contribution in [0.1, 0.15) is 41.6 Å². The van der Waals surface area contributed by atoms with Crippen molar-refractivity contribution in [1.29, 1.82) is 0 Å². The quantitative estimate of drug-likeness (QED) is 0.804. The predicted octanol–water partition coefficient (Wildman–Crippen LogP) is 4.93. The van der Waals surface area contributed by atoms with Crippen molar-refractivity contribution in [2.24, 2.45) is 0 Å². The lowest BCUT2D eigenvalue weighted by Crippen LogP contribution is -2.43. The van der Waals surface area contributed by atoms with Crippen LogP contribution in [0.15, 0.2) is 46.9 Å². The molecule has 2 aromatic rings. The number of benzene rings is 2. The maximum atomic E-state index is 13.2. The molecule has 0 saturated heterocycles. The van der Waals surface area contributed by atoms with Gasteiger partial charge in [-0.1, -0.05) is 25.0 Å². The van der Waals surface area contributed by atoms with E-state index >= 15 is 0 Å². The topological polar surface area (TPSA) is 29.1 Å². The normalized spacial score (nSPS) is 16.3. The Hall–Kier alpha value is -1.75. The SMILES string of the molecule is O=C(NC1(c2ccc(F)cc2)CCCC1)c1ccc(F)cc1Br. The van der Waals surface area contributed by atoms with E-state index in [0.29, 0.717) is 10.0 Å². The summed E-state index contributed by atoms with van der Waals surface area (Å²) in [5, 5.41) is 3.09. The highest BCUT2D eigenvalue weighted by Gasteiger charge is 2.37. The van der Waals surface area contributed by atoms with Crippen LogP contribution in [0.5, 0.6) is 0 Å². The number of nitrogens with one attached hydrogen (secondary N) is 1. The van der Waals surface area contributed by atoms with Crippen molar-refractivity contribution < 1.29 is 13.6 Å². The summed E-state index contributed by atoms with van der Waals surface area (Å²) in [5.41, 5.74) is 0.807. The molecule has 1 aliphatic carbocycles. The number of halogens is 3. The minimum Gasteiger partial charge on any atom is -0.342 e. The van der Waals surface area contributed by atoms with Gasteiger partial charge in [-0.25, -0.2) is 8.78 Å². The molecule has 0 bridgehead atoms. The first-order valence-electron chi connectivity index (χ1n) is 7.54. The zero-order chi connectivity index (χ0) is 16.4. The fraction of sp³-hybridized carbons (Fsp3) is 0.278. The van der Waals surface area contributed by atoms with Crippen molar-refractivity contribution in [2.45, 2.75) is 31.2 Å². The fourth-order valence-corrected chi connectivity index (χ4v) is 3.72. The molecule has 1 fully saturated rings. The van der Waals surface area contributed by atoms with Crippen LogP contribution in [0.25, 0.3) is 0 Å². The Bertz CT molecular complexity index is 724. The van der Waals surface area contributed by atoms with Crippen molar-refractivity contribution in [3.63, 3.8) is 0 Å². The fourth-order valence-electron chi connectivity index (χ4n) is 3.19. The van der Waals surface area contributed by atoms with Gasteiger partial charge in [0.1, 0.15) is 11.6 Å². The van der Waals surface area contributed by atoms with Gasteiger partial charge in [-0.05, 0) is 64.7 Å². The van der Waals surface area contributed by atoms with Gasteiger partial charge >= 0.3 is 0 Å². The van der Waals surface area contributed by atoms with Crippen molar-refractivity contribution in [3.8, 4) is 0 Å². The summed E-state index contributed by atoms with van der Waals surface area (Å²) in [6.45, 7) is 0. The smallest absolute Gasteiger partial charge is 0.253 e. The van der Waals surface area contributed by atoms with Gasteiger partial charge in [0.2, 0.25) is 0 Å². The number of amides is 1. The van der Waals surface area contributed by atoms with Gasteiger partial charge in [0.15, 0.2) is 0 Å². The number of hydrogen-bond acceptors (Lipinski definition) is 1. The summed E-state index contributed by atoms with van der Waals surface area (Å²) in [6.07, 6.45) is 3.62. The highest BCUT2D eigenvalue weighted by molar-refractivity contribution is 9.10. The first kappa shape index (κ1) is 16.1. The van der Waals surface area contributed by atoms with Crippen LogP contribution in [0, 0.1) is 11.6 Å². The molecule has 1 saturated carbocycles. The molecule has 0 atom stereocenters. The molecule has 0 radical (unpaired) electrons. The molecular weight excluding hydrogens is 364 g/mol. The van der Waals surface area contributed by atoms with Crippen LogP contribution in [0.4, 0.5) is 8.78 Å². The van der Waals surface area contributed by atoms with E-state index in [1.54, 1.807) is 12.1 Å². The maximum absolute atomic E-state index is 13.2. The monoisotopic (exact) mass is 379 g/mol. The van der Waals surface area contributed by atoms with Gasteiger partial charge in [0.05, 0.1) is 11.1 Å². The zero-order valence-corrected chi connectivity index (χ0v) is 14.0. The molecule has 2 aromatic carbocycles. The van der Waals surface area contributed by atoms with Crippen LogP contribution in [0.2, 0.25) is 0 Å². The Balaban J connectivity index is 1.90. The standard InChI is InChI=1S/C18H16BrF2NO/c19-16-11-14(21)7-8-15(16)17(23)22-18(9-1-2-10-18)12-3-5-13(20)6-4-12/h3-8,11H,1-2,9-10H2,(H,22,23). The summed E-state index contributed by atoms with van der Waals surface area (Å²) in [5.74, 6) is -0.958. The maximum Gasteiger partial charge on any atom is 0.253 e. The van der Waals surface area contributed by atoms with Gasteiger partial charge < -0.3 is 5.32 Å². The van der Waals surface area contributed by atoms with Gasteiger partial charge in [-0.15, -0.1) is 0 Å². The van der Waals surface area contributed by atoms with E-state index < -0.39 is 11.4 Å². The van der Waals surface area contributed by atoms with Gasteiger partial charge in [0.25, 0.3) is 5.91 Å². The second kappa shape index (κ2) is 6.40. The highest BCUT2D eigenvalue weighted by atomic mass is 79.9. The van der Waals surface area contributed by atoms with E-state index in [9.17, 15) is 13.6 Å². The number of carbonyl (C=O) groups is 1. The molecule has 2 nitrogen and oxygen atoms in total.